The molecule has 2 rings (SSSR count). The van der Waals surface area contributed by atoms with Crippen LogP contribution in [-0.4, -0.2) is 30.4 Å². The highest BCUT2D eigenvalue weighted by Gasteiger charge is 2.20. The summed E-state index contributed by atoms with van der Waals surface area (Å²) < 4.78 is 13.8. The molecule has 1 aliphatic heterocycles. The van der Waals surface area contributed by atoms with Crippen molar-refractivity contribution in [3.63, 3.8) is 0 Å². The number of Topliss-reactive ketones (excluding diaryl/α,β-unsaturated/α-hetero) is 1. The van der Waals surface area contributed by atoms with Crippen molar-refractivity contribution in [2.45, 2.75) is 6.92 Å². The number of hydrogen-bond acceptors (Lipinski definition) is 3. The largest absolute Gasteiger partial charge is 0.367 e. The number of halogens is 1. The van der Waals surface area contributed by atoms with Gasteiger partial charge in [-0.1, -0.05) is 6.07 Å². The molecule has 1 aliphatic rings. The van der Waals surface area contributed by atoms with E-state index in [0.29, 0.717) is 11.3 Å². The maximum atomic E-state index is 13.8. The topological polar surface area (TPSA) is 20.3 Å². The fourth-order valence-corrected chi connectivity index (χ4v) is 2.81. The molecule has 0 aromatic heterocycles. The number of carbonyl (C=O) groups is 1. The summed E-state index contributed by atoms with van der Waals surface area (Å²) >= 11 is 1.86. The van der Waals surface area contributed by atoms with Crippen LogP contribution >= 0.6 is 11.8 Å². The molecule has 1 heterocycles. The Morgan fingerprint density at radius 2 is 2.06 bits per heavy atom. The van der Waals surface area contributed by atoms with E-state index in [0.717, 1.165) is 24.6 Å². The Morgan fingerprint density at radius 1 is 1.38 bits per heavy atom. The Morgan fingerprint density at radius 3 is 2.69 bits per heavy atom. The molecule has 0 N–H and O–H groups in total. The standard InChI is InChI=1S/C12H14FNOS/c1-9(15)10-3-2-4-11(13)12(10)14-5-7-16-8-6-14/h2-4H,5-8H2,1H3. The smallest absolute Gasteiger partial charge is 0.161 e. The summed E-state index contributed by atoms with van der Waals surface area (Å²) in [6.45, 7) is 3.11. The number of anilines is 1. The van der Waals surface area contributed by atoms with Gasteiger partial charge in [-0.25, -0.2) is 4.39 Å². The van der Waals surface area contributed by atoms with E-state index in [1.54, 1.807) is 12.1 Å². The number of nitrogens with zero attached hydrogens (tertiary/aromatic N) is 1. The molecule has 86 valence electrons. The Balaban J connectivity index is 2.40. The molecule has 0 bridgehead atoms. The van der Waals surface area contributed by atoms with Crippen LogP contribution in [0.5, 0.6) is 0 Å². The third-order valence-corrected chi connectivity index (χ3v) is 3.64. The van der Waals surface area contributed by atoms with E-state index in [9.17, 15) is 9.18 Å². The van der Waals surface area contributed by atoms with Crippen LogP contribution < -0.4 is 4.90 Å². The summed E-state index contributed by atoms with van der Waals surface area (Å²) in [7, 11) is 0. The van der Waals surface area contributed by atoms with Gasteiger partial charge in [0.15, 0.2) is 5.78 Å². The molecule has 1 aromatic rings. The second-order valence-corrected chi connectivity index (χ2v) is 5.02. The van der Waals surface area contributed by atoms with Gasteiger partial charge < -0.3 is 4.90 Å². The summed E-state index contributed by atoms with van der Waals surface area (Å²) in [4.78, 5) is 13.4. The van der Waals surface area contributed by atoms with Crippen LogP contribution in [-0.2, 0) is 0 Å². The van der Waals surface area contributed by atoms with Crippen LogP contribution in [0.1, 0.15) is 17.3 Å². The van der Waals surface area contributed by atoms with E-state index in [1.807, 2.05) is 16.7 Å². The van der Waals surface area contributed by atoms with Crippen molar-refractivity contribution >= 4 is 23.2 Å². The van der Waals surface area contributed by atoms with Crippen LogP contribution in [0.15, 0.2) is 18.2 Å². The van der Waals surface area contributed by atoms with Crippen LogP contribution in [0, 0.1) is 5.82 Å². The Labute approximate surface area is 98.8 Å². The lowest BCUT2D eigenvalue weighted by atomic mass is 10.1. The number of benzene rings is 1. The fraction of sp³-hybridized carbons (Fsp3) is 0.417. The summed E-state index contributed by atoms with van der Waals surface area (Å²) in [5, 5.41) is 0. The van der Waals surface area contributed by atoms with Gasteiger partial charge in [-0.3, -0.25) is 4.79 Å². The van der Waals surface area contributed by atoms with Gasteiger partial charge in [0.25, 0.3) is 0 Å². The first-order valence-electron chi connectivity index (χ1n) is 5.32. The van der Waals surface area contributed by atoms with E-state index in [4.69, 9.17) is 0 Å². The van der Waals surface area contributed by atoms with Gasteiger partial charge in [-0.2, -0.15) is 11.8 Å². The molecule has 0 radical (unpaired) electrons. The Hall–Kier alpha value is -1.03. The molecule has 1 aromatic carbocycles. The van der Waals surface area contributed by atoms with Crippen molar-refractivity contribution < 1.29 is 9.18 Å². The first-order valence-corrected chi connectivity index (χ1v) is 6.48. The summed E-state index contributed by atoms with van der Waals surface area (Å²) in [5.74, 6) is 1.62. The minimum absolute atomic E-state index is 0.0762. The SMILES string of the molecule is CC(=O)c1cccc(F)c1N1CCSCC1. The molecule has 1 fully saturated rings. The molecule has 2 nitrogen and oxygen atoms in total. The Bertz CT molecular complexity index is 402. The molecule has 4 heteroatoms. The first-order chi connectivity index (χ1) is 7.70. The van der Waals surface area contributed by atoms with Crippen molar-refractivity contribution in [3.8, 4) is 0 Å². The quantitative estimate of drug-likeness (QED) is 0.740. The van der Waals surface area contributed by atoms with E-state index in [2.05, 4.69) is 0 Å². The zero-order valence-electron chi connectivity index (χ0n) is 9.20. The lowest BCUT2D eigenvalue weighted by molar-refractivity contribution is 0.101. The predicted molar refractivity (Wildman–Crippen MR) is 65.9 cm³/mol. The van der Waals surface area contributed by atoms with Crippen molar-refractivity contribution in [1.29, 1.82) is 0 Å². The molecule has 16 heavy (non-hydrogen) atoms. The van der Waals surface area contributed by atoms with Gasteiger partial charge in [-0.15, -0.1) is 0 Å². The van der Waals surface area contributed by atoms with Crippen molar-refractivity contribution in [3.05, 3.63) is 29.6 Å². The highest BCUT2D eigenvalue weighted by Crippen LogP contribution is 2.27. The van der Waals surface area contributed by atoms with Crippen molar-refractivity contribution in [2.24, 2.45) is 0 Å². The first kappa shape index (κ1) is 11.5. The Kier molecular flexibility index (Phi) is 3.49. The number of hydrogen-bond donors (Lipinski definition) is 0. The zero-order valence-corrected chi connectivity index (χ0v) is 10.0. The number of carbonyl (C=O) groups excluding carboxylic acids is 1. The summed E-state index contributed by atoms with van der Waals surface area (Å²) in [6.07, 6.45) is 0. The molecule has 0 amide bonds. The average molecular weight is 239 g/mol. The lowest BCUT2D eigenvalue weighted by Crippen LogP contribution is -2.34. The molecule has 1 saturated heterocycles. The highest BCUT2D eigenvalue weighted by molar-refractivity contribution is 7.99. The molecular weight excluding hydrogens is 225 g/mol. The molecule has 0 saturated carbocycles. The van der Waals surface area contributed by atoms with Gasteiger partial charge in [0.1, 0.15) is 5.82 Å². The average Bonchev–Trinajstić information content (AvgIpc) is 2.29. The molecule has 0 atom stereocenters. The minimum Gasteiger partial charge on any atom is -0.367 e. The monoisotopic (exact) mass is 239 g/mol. The zero-order chi connectivity index (χ0) is 11.5. The van der Waals surface area contributed by atoms with Crippen LogP contribution in [0.25, 0.3) is 0 Å². The third-order valence-electron chi connectivity index (χ3n) is 2.69. The molecule has 0 aliphatic carbocycles. The van der Waals surface area contributed by atoms with Gasteiger partial charge >= 0.3 is 0 Å². The highest BCUT2D eigenvalue weighted by atomic mass is 32.2. The van der Waals surface area contributed by atoms with Crippen molar-refractivity contribution in [1.82, 2.24) is 0 Å². The second-order valence-electron chi connectivity index (χ2n) is 3.79. The fourth-order valence-electron chi connectivity index (χ4n) is 1.91. The normalized spacial score (nSPS) is 16.2. The third kappa shape index (κ3) is 2.21. The molecular formula is C12H14FNOS. The van der Waals surface area contributed by atoms with Gasteiger partial charge in [0, 0.05) is 30.2 Å². The van der Waals surface area contributed by atoms with Gasteiger partial charge in [0.05, 0.1) is 5.69 Å². The summed E-state index contributed by atoms with van der Waals surface area (Å²) in [5.41, 5.74) is 0.974. The van der Waals surface area contributed by atoms with E-state index >= 15 is 0 Å². The van der Waals surface area contributed by atoms with Crippen LogP contribution in [0.2, 0.25) is 0 Å². The number of thioether (sulfide) groups is 1. The van der Waals surface area contributed by atoms with Crippen LogP contribution in [0.4, 0.5) is 10.1 Å². The maximum absolute atomic E-state index is 13.8. The summed E-state index contributed by atoms with van der Waals surface area (Å²) in [6, 6.07) is 4.71. The number of para-hydroxylation sites is 1. The van der Waals surface area contributed by atoms with E-state index < -0.39 is 0 Å². The number of rotatable bonds is 2. The molecule has 0 spiro atoms. The van der Waals surface area contributed by atoms with E-state index in [-0.39, 0.29) is 11.6 Å². The lowest BCUT2D eigenvalue weighted by Gasteiger charge is -2.30. The van der Waals surface area contributed by atoms with Crippen molar-refractivity contribution in [2.75, 3.05) is 29.5 Å². The predicted octanol–water partition coefficient (Wildman–Crippen LogP) is 2.58. The van der Waals surface area contributed by atoms with Gasteiger partial charge in [0.2, 0.25) is 0 Å². The van der Waals surface area contributed by atoms with Gasteiger partial charge in [-0.05, 0) is 19.1 Å². The molecule has 0 unspecified atom stereocenters. The number of ketones is 1. The van der Waals surface area contributed by atoms with Crippen LogP contribution in [0.3, 0.4) is 0 Å². The minimum atomic E-state index is -0.292. The van der Waals surface area contributed by atoms with E-state index in [1.165, 1.54) is 13.0 Å². The second kappa shape index (κ2) is 4.87. The maximum Gasteiger partial charge on any atom is 0.161 e.